The molecule has 6 heteroatoms. The van der Waals surface area contributed by atoms with Gasteiger partial charge in [0, 0.05) is 22.3 Å². The molecule has 0 bridgehead atoms. The Bertz CT molecular complexity index is 1660. The minimum atomic E-state index is -0.885. The van der Waals surface area contributed by atoms with Crippen molar-refractivity contribution in [2.24, 2.45) is 0 Å². The smallest absolute Gasteiger partial charge is 0.200 e. The maximum atomic E-state index is 14.0. The van der Waals surface area contributed by atoms with Gasteiger partial charge in [-0.15, -0.1) is 0 Å². The lowest BCUT2D eigenvalue weighted by atomic mass is 9.82. The molecule has 0 aliphatic rings. The molecule has 0 aromatic heterocycles. The van der Waals surface area contributed by atoms with Gasteiger partial charge in [-0.25, -0.2) is 0 Å². The minimum Gasteiger partial charge on any atom is -0.506 e. The molecule has 0 spiro atoms. The molecule has 5 aromatic carbocycles. The number of carbonyl (C=O) groups is 4. The third-order valence-corrected chi connectivity index (χ3v) is 6.50. The van der Waals surface area contributed by atoms with E-state index in [2.05, 4.69) is 0 Å². The topological polar surface area (TPSA) is 109 Å². The highest BCUT2D eigenvalue weighted by Gasteiger charge is 2.37. The number of ketones is 4. The van der Waals surface area contributed by atoms with Crippen molar-refractivity contribution in [3.63, 3.8) is 0 Å². The van der Waals surface area contributed by atoms with E-state index in [0.29, 0.717) is 0 Å². The van der Waals surface area contributed by atoms with E-state index in [9.17, 15) is 29.4 Å². The maximum absolute atomic E-state index is 14.0. The van der Waals surface area contributed by atoms with E-state index in [0.717, 1.165) is 0 Å². The fraction of sp³-hybridized carbons (Fsp3) is 0. The van der Waals surface area contributed by atoms with E-state index in [1.54, 1.807) is 72.8 Å². The third-order valence-electron chi connectivity index (χ3n) is 6.50. The van der Waals surface area contributed by atoms with E-state index < -0.39 is 56.9 Å². The van der Waals surface area contributed by atoms with Gasteiger partial charge in [0.25, 0.3) is 0 Å². The molecule has 0 radical (unpaired) electrons. The molecule has 0 fully saturated rings. The Kier molecular flexibility index (Phi) is 7.16. The van der Waals surface area contributed by atoms with Crippen molar-refractivity contribution >= 4 is 23.1 Å². The molecule has 0 saturated heterocycles. The van der Waals surface area contributed by atoms with E-state index in [1.165, 1.54) is 48.5 Å². The fourth-order valence-electron chi connectivity index (χ4n) is 4.54. The van der Waals surface area contributed by atoms with Crippen molar-refractivity contribution in [2.45, 2.75) is 0 Å². The maximum Gasteiger partial charge on any atom is 0.200 e. The summed E-state index contributed by atoms with van der Waals surface area (Å²) in [6.07, 6.45) is 0. The zero-order valence-electron chi connectivity index (χ0n) is 21.1. The lowest BCUT2D eigenvalue weighted by molar-refractivity contribution is 0.0985. The highest BCUT2D eigenvalue weighted by molar-refractivity contribution is 6.29. The summed E-state index contributed by atoms with van der Waals surface area (Å²) in [4.78, 5) is 55.5. The molecular weight excluding hydrogens is 504 g/mol. The number of hydrogen-bond acceptors (Lipinski definition) is 6. The number of phenols is 2. The summed E-state index contributed by atoms with van der Waals surface area (Å²) in [6.45, 7) is 0. The van der Waals surface area contributed by atoms with E-state index >= 15 is 0 Å². The van der Waals surface area contributed by atoms with Gasteiger partial charge in [0.05, 0.1) is 16.7 Å². The number of carbonyl (C=O) groups excluding carboxylic acids is 4. The second-order valence-electron chi connectivity index (χ2n) is 8.98. The molecule has 0 aliphatic heterocycles. The van der Waals surface area contributed by atoms with Crippen LogP contribution in [0.2, 0.25) is 0 Å². The Labute approximate surface area is 229 Å². The third kappa shape index (κ3) is 4.70. The molecule has 5 rings (SSSR count). The highest BCUT2D eigenvalue weighted by Crippen LogP contribution is 2.42. The summed E-state index contributed by atoms with van der Waals surface area (Å²) in [7, 11) is 0. The van der Waals surface area contributed by atoms with Gasteiger partial charge < -0.3 is 10.2 Å². The fourth-order valence-corrected chi connectivity index (χ4v) is 4.54. The lowest BCUT2D eigenvalue weighted by Crippen LogP contribution is -2.20. The monoisotopic (exact) mass is 526 g/mol. The summed E-state index contributed by atoms with van der Waals surface area (Å²) < 4.78 is 0. The highest BCUT2D eigenvalue weighted by atomic mass is 16.3. The first-order valence-electron chi connectivity index (χ1n) is 12.4. The first-order valence-corrected chi connectivity index (χ1v) is 12.4. The zero-order valence-corrected chi connectivity index (χ0v) is 21.1. The molecule has 194 valence electrons. The van der Waals surface area contributed by atoms with Gasteiger partial charge in [-0.2, -0.15) is 0 Å². The molecule has 0 aliphatic carbocycles. The predicted octanol–water partition coefficient (Wildman–Crippen LogP) is 6.02. The van der Waals surface area contributed by atoms with Crippen LogP contribution < -0.4 is 0 Å². The van der Waals surface area contributed by atoms with Crippen molar-refractivity contribution in [2.75, 3.05) is 0 Å². The second-order valence-corrected chi connectivity index (χ2v) is 8.98. The molecule has 0 heterocycles. The molecule has 40 heavy (non-hydrogen) atoms. The lowest BCUT2D eigenvalue weighted by Gasteiger charge is -2.20. The standard InChI is InChI=1S/C34H22O6/c35-29(21-13-5-1-6-14-21)25-26(30(36)22-15-7-2-8-16-22)33(39)28(32(38)24-19-11-4-12-20-24)34(40)27(25)31(37)23-17-9-3-10-18-23/h1-20,39-40H. The molecule has 0 atom stereocenters. The Morgan fingerprint density at radius 2 is 0.550 bits per heavy atom. The minimum absolute atomic E-state index is 0.103. The van der Waals surface area contributed by atoms with Crippen LogP contribution in [0.15, 0.2) is 121 Å². The molecule has 2 N–H and O–H groups in total. The first-order chi connectivity index (χ1) is 19.4. The Morgan fingerprint density at radius 3 is 0.825 bits per heavy atom. The Hall–Kier alpha value is -5.62. The summed E-state index contributed by atoms with van der Waals surface area (Å²) >= 11 is 0. The SMILES string of the molecule is O=C(c1ccccc1)c1c(O)c(C(=O)c2ccccc2)c(C(=O)c2ccccc2)c(C(=O)c2ccccc2)c1O. The van der Waals surface area contributed by atoms with Crippen LogP contribution in [0.5, 0.6) is 11.5 Å². The van der Waals surface area contributed by atoms with Crippen LogP contribution in [0.1, 0.15) is 63.7 Å². The first kappa shape index (κ1) is 26.0. The van der Waals surface area contributed by atoms with E-state index in [4.69, 9.17) is 0 Å². The number of rotatable bonds is 8. The van der Waals surface area contributed by atoms with Crippen molar-refractivity contribution in [1.82, 2.24) is 0 Å². The van der Waals surface area contributed by atoms with Crippen molar-refractivity contribution in [3.05, 3.63) is 166 Å². The second kappa shape index (κ2) is 11.0. The van der Waals surface area contributed by atoms with Crippen LogP contribution in [-0.2, 0) is 0 Å². The largest absolute Gasteiger partial charge is 0.506 e. The number of hydrogen-bond donors (Lipinski definition) is 2. The van der Waals surface area contributed by atoms with Gasteiger partial charge in [0.1, 0.15) is 17.1 Å². The van der Waals surface area contributed by atoms with Crippen LogP contribution in [0, 0.1) is 0 Å². The van der Waals surface area contributed by atoms with E-state index in [1.807, 2.05) is 0 Å². The quantitative estimate of drug-likeness (QED) is 0.239. The van der Waals surface area contributed by atoms with E-state index in [-0.39, 0.29) is 22.3 Å². The number of benzene rings is 5. The summed E-state index contributed by atoms with van der Waals surface area (Å²) in [5.74, 6) is -4.95. The summed E-state index contributed by atoms with van der Waals surface area (Å²) in [5.41, 5.74) is -1.78. The molecule has 5 aromatic rings. The van der Waals surface area contributed by atoms with Gasteiger partial charge >= 0.3 is 0 Å². The average molecular weight is 527 g/mol. The van der Waals surface area contributed by atoms with Crippen LogP contribution in [0.4, 0.5) is 0 Å². The van der Waals surface area contributed by atoms with Gasteiger partial charge in [-0.3, -0.25) is 19.2 Å². The molecule has 6 nitrogen and oxygen atoms in total. The molecular formula is C34H22O6. The molecule has 0 unspecified atom stereocenters. The zero-order chi connectivity index (χ0) is 28.2. The Morgan fingerprint density at radius 1 is 0.325 bits per heavy atom. The molecule has 0 amide bonds. The number of aromatic hydroxyl groups is 2. The van der Waals surface area contributed by atoms with Crippen molar-refractivity contribution < 1.29 is 29.4 Å². The normalized spacial score (nSPS) is 10.6. The molecule has 0 saturated carbocycles. The van der Waals surface area contributed by atoms with Gasteiger partial charge in [0.15, 0.2) is 17.3 Å². The van der Waals surface area contributed by atoms with Gasteiger partial charge in [-0.1, -0.05) is 121 Å². The predicted molar refractivity (Wildman–Crippen MR) is 149 cm³/mol. The summed E-state index contributed by atoms with van der Waals surface area (Å²) in [5, 5.41) is 23.0. The summed E-state index contributed by atoms with van der Waals surface area (Å²) in [6, 6.07) is 31.5. The van der Waals surface area contributed by atoms with Crippen LogP contribution in [-0.4, -0.2) is 33.3 Å². The van der Waals surface area contributed by atoms with Gasteiger partial charge in [-0.05, 0) is 0 Å². The van der Waals surface area contributed by atoms with Crippen LogP contribution >= 0.6 is 0 Å². The van der Waals surface area contributed by atoms with Crippen LogP contribution in [0.25, 0.3) is 0 Å². The van der Waals surface area contributed by atoms with Crippen molar-refractivity contribution in [1.29, 1.82) is 0 Å². The Balaban J connectivity index is 1.91. The van der Waals surface area contributed by atoms with Crippen molar-refractivity contribution in [3.8, 4) is 11.5 Å². The van der Waals surface area contributed by atoms with Gasteiger partial charge in [0.2, 0.25) is 5.78 Å². The average Bonchev–Trinajstić information content (AvgIpc) is 3.01. The number of phenolic OH excluding ortho intramolecular Hbond substituents is 2. The van der Waals surface area contributed by atoms with Crippen LogP contribution in [0.3, 0.4) is 0 Å².